The standard InChI is InChI=1S/C19H22FN3O2/c1-12-7-13(2)17(22-10-12)5-6-21-19(24)23-16-9-14-8-15(20)3-4-18(14)25-11-16/h3-4,7-8,10,16H,5-6,9,11H2,1-2H3,(H2,21,23,24)/t16-/m0/s1. The minimum Gasteiger partial charge on any atom is -0.491 e. The van der Waals surface area contributed by atoms with Gasteiger partial charge in [0.15, 0.2) is 0 Å². The van der Waals surface area contributed by atoms with E-state index in [1.807, 2.05) is 20.0 Å². The molecule has 1 aromatic carbocycles. The number of hydrogen-bond donors (Lipinski definition) is 2. The van der Waals surface area contributed by atoms with Crippen LogP contribution >= 0.6 is 0 Å². The van der Waals surface area contributed by atoms with E-state index in [-0.39, 0.29) is 17.9 Å². The van der Waals surface area contributed by atoms with Crippen LogP contribution in [0.4, 0.5) is 9.18 Å². The van der Waals surface area contributed by atoms with Gasteiger partial charge in [-0.05, 0) is 55.2 Å². The van der Waals surface area contributed by atoms with Crippen LogP contribution in [0.3, 0.4) is 0 Å². The van der Waals surface area contributed by atoms with E-state index in [4.69, 9.17) is 4.74 Å². The molecule has 0 radical (unpaired) electrons. The molecule has 0 unspecified atom stereocenters. The lowest BCUT2D eigenvalue weighted by molar-refractivity contribution is 0.214. The summed E-state index contributed by atoms with van der Waals surface area (Å²) in [6.07, 6.45) is 3.06. The number of carbonyl (C=O) groups excluding carboxylic acids is 1. The second kappa shape index (κ2) is 7.51. The Labute approximate surface area is 146 Å². The number of nitrogens with zero attached hydrogens (tertiary/aromatic N) is 1. The Hall–Kier alpha value is -2.63. The highest BCUT2D eigenvalue weighted by Crippen LogP contribution is 2.25. The van der Waals surface area contributed by atoms with Gasteiger partial charge in [-0.25, -0.2) is 9.18 Å². The molecule has 1 atom stereocenters. The quantitative estimate of drug-likeness (QED) is 0.897. The van der Waals surface area contributed by atoms with E-state index in [1.165, 1.54) is 12.1 Å². The molecule has 2 N–H and O–H groups in total. The van der Waals surface area contributed by atoms with Crippen LogP contribution in [-0.4, -0.2) is 30.2 Å². The predicted molar refractivity (Wildman–Crippen MR) is 93.3 cm³/mol. The number of halogens is 1. The second-order valence-electron chi connectivity index (χ2n) is 6.39. The maximum atomic E-state index is 13.3. The van der Waals surface area contributed by atoms with Crippen LogP contribution < -0.4 is 15.4 Å². The molecular formula is C19H22FN3O2. The van der Waals surface area contributed by atoms with E-state index in [0.29, 0.717) is 31.7 Å². The molecule has 0 aliphatic carbocycles. The molecule has 2 heterocycles. The van der Waals surface area contributed by atoms with Crippen molar-refractivity contribution in [2.45, 2.75) is 32.7 Å². The first-order valence-electron chi connectivity index (χ1n) is 8.39. The molecule has 1 aliphatic heterocycles. The predicted octanol–water partition coefficient (Wildman–Crippen LogP) is 2.68. The van der Waals surface area contributed by atoms with Gasteiger partial charge in [-0.15, -0.1) is 0 Å². The van der Waals surface area contributed by atoms with Gasteiger partial charge in [-0.2, -0.15) is 0 Å². The summed E-state index contributed by atoms with van der Waals surface area (Å²) < 4.78 is 18.9. The van der Waals surface area contributed by atoms with Gasteiger partial charge in [0.25, 0.3) is 0 Å². The van der Waals surface area contributed by atoms with Crippen molar-refractivity contribution in [1.29, 1.82) is 0 Å². The molecule has 1 aliphatic rings. The molecule has 0 spiro atoms. The average Bonchev–Trinajstić information content (AvgIpc) is 2.56. The van der Waals surface area contributed by atoms with Gasteiger partial charge in [0.05, 0.1) is 6.04 Å². The van der Waals surface area contributed by atoms with Crippen LogP contribution in [0.15, 0.2) is 30.5 Å². The third-order valence-electron chi connectivity index (χ3n) is 4.23. The molecular weight excluding hydrogens is 321 g/mol. The van der Waals surface area contributed by atoms with E-state index < -0.39 is 0 Å². The Morgan fingerprint density at radius 1 is 1.36 bits per heavy atom. The number of ether oxygens (including phenoxy) is 1. The average molecular weight is 343 g/mol. The van der Waals surface area contributed by atoms with E-state index in [2.05, 4.69) is 21.7 Å². The van der Waals surface area contributed by atoms with Gasteiger partial charge in [0.2, 0.25) is 0 Å². The number of fused-ring (bicyclic) bond motifs is 1. The summed E-state index contributed by atoms with van der Waals surface area (Å²) in [5.74, 6) is 0.384. The van der Waals surface area contributed by atoms with Crippen LogP contribution in [0.1, 0.15) is 22.4 Å². The number of aromatic nitrogens is 1. The van der Waals surface area contributed by atoms with Crippen molar-refractivity contribution in [2.75, 3.05) is 13.2 Å². The zero-order valence-corrected chi connectivity index (χ0v) is 14.4. The largest absolute Gasteiger partial charge is 0.491 e. The number of carbonyl (C=O) groups is 1. The number of pyridine rings is 1. The minimum atomic E-state index is -0.298. The number of rotatable bonds is 4. The summed E-state index contributed by atoms with van der Waals surface area (Å²) >= 11 is 0. The maximum Gasteiger partial charge on any atom is 0.315 e. The smallest absolute Gasteiger partial charge is 0.315 e. The van der Waals surface area contributed by atoms with Crippen LogP contribution in [0.5, 0.6) is 5.75 Å². The number of urea groups is 1. The Balaban J connectivity index is 1.47. The van der Waals surface area contributed by atoms with Crippen molar-refractivity contribution in [2.24, 2.45) is 0 Å². The Bertz CT molecular complexity index is 779. The van der Waals surface area contributed by atoms with Crippen molar-refractivity contribution in [3.05, 3.63) is 58.7 Å². The van der Waals surface area contributed by atoms with E-state index in [9.17, 15) is 9.18 Å². The van der Waals surface area contributed by atoms with Crippen LogP contribution in [0.25, 0.3) is 0 Å². The number of amides is 2. The molecule has 25 heavy (non-hydrogen) atoms. The topological polar surface area (TPSA) is 63.2 Å². The summed E-state index contributed by atoms with van der Waals surface area (Å²) in [5, 5.41) is 5.71. The Morgan fingerprint density at radius 2 is 2.20 bits per heavy atom. The fourth-order valence-electron chi connectivity index (χ4n) is 2.99. The van der Waals surface area contributed by atoms with Crippen molar-refractivity contribution >= 4 is 6.03 Å². The number of aryl methyl sites for hydroxylation is 2. The molecule has 0 saturated carbocycles. The van der Waals surface area contributed by atoms with Gasteiger partial charge in [0, 0.05) is 24.9 Å². The normalized spacial score (nSPS) is 15.9. The highest BCUT2D eigenvalue weighted by Gasteiger charge is 2.21. The molecule has 1 aromatic heterocycles. The van der Waals surface area contributed by atoms with Crippen LogP contribution in [0, 0.1) is 19.7 Å². The van der Waals surface area contributed by atoms with Crippen molar-refractivity contribution in [3.8, 4) is 5.75 Å². The van der Waals surface area contributed by atoms with E-state index >= 15 is 0 Å². The van der Waals surface area contributed by atoms with Gasteiger partial charge in [-0.1, -0.05) is 6.07 Å². The number of nitrogens with one attached hydrogen (secondary N) is 2. The summed E-state index contributed by atoms with van der Waals surface area (Å²) in [6, 6.07) is 6.11. The monoisotopic (exact) mass is 343 g/mol. The molecule has 0 fully saturated rings. The summed E-state index contributed by atoms with van der Waals surface area (Å²) in [4.78, 5) is 16.4. The van der Waals surface area contributed by atoms with Crippen LogP contribution in [0.2, 0.25) is 0 Å². The van der Waals surface area contributed by atoms with Gasteiger partial charge in [-0.3, -0.25) is 4.98 Å². The molecule has 3 rings (SSSR count). The van der Waals surface area contributed by atoms with Crippen molar-refractivity contribution in [3.63, 3.8) is 0 Å². The molecule has 132 valence electrons. The van der Waals surface area contributed by atoms with Crippen LogP contribution in [-0.2, 0) is 12.8 Å². The fourth-order valence-corrected chi connectivity index (χ4v) is 2.99. The molecule has 6 heteroatoms. The highest BCUT2D eigenvalue weighted by molar-refractivity contribution is 5.74. The van der Waals surface area contributed by atoms with E-state index in [0.717, 1.165) is 22.4 Å². The molecule has 5 nitrogen and oxygen atoms in total. The van der Waals surface area contributed by atoms with Gasteiger partial charge < -0.3 is 15.4 Å². The second-order valence-corrected chi connectivity index (χ2v) is 6.39. The van der Waals surface area contributed by atoms with Gasteiger partial charge >= 0.3 is 6.03 Å². The van der Waals surface area contributed by atoms with Gasteiger partial charge in [0.1, 0.15) is 18.2 Å². The third kappa shape index (κ3) is 4.47. The summed E-state index contributed by atoms with van der Waals surface area (Å²) in [6.45, 7) is 4.91. The Morgan fingerprint density at radius 3 is 3.00 bits per heavy atom. The Kier molecular flexibility index (Phi) is 5.16. The summed E-state index contributed by atoms with van der Waals surface area (Å²) in [7, 11) is 0. The highest BCUT2D eigenvalue weighted by atomic mass is 19.1. The lowest BCUT2D eigenvalue weighted by atomic mass is 10.0. The fraction of sp³-hybridized carbons (Fsp3) is 0.368. The lowest BCUT2D eigenvalue weighted by Gasteiger charge is -2.26. The van der Waals surface area contributed by atoms with E-state index in [1.54, 1.807) is 6.07 Å². The molecule has 2 aromatic rings. The molecule has 0 bridgehead atoms. The lowest BCUT2D eigenvalue weighted by Crippen LogP contribution is -2.47. The SMILES string of the molecule is Cc1cnc(CCNC(=O)N[C@@H]2COc3ccc(F)cc3C2)c(C)c1. The summed E-state index contributed by atoms with van der Waals surface area (Å²) in [5.41, 5.74) is 4.01. The maximum absolute atomic E-state index is 13.3. The first-order valence-corrected chi connectivity index (χ1v) is 8.39. The molecule has 2 amide bonds. The van der Waals surface area contributed by atoms with Crippen molar-refractivity contribution < 1.29 is 13.9 Å². The van der Waals surface area contributed by atoms with Crippen molar-refractivity contribution in [1.82, 2.24) is 15.6 Å². The number of hydrogen-bond acceptors (Lipinski definition) is 3. The number of benzene rings is 1. The zero-order chi connectivity index (χ0) is 17.8. The molecule has 0 saturated heterocycles. The first kappa shape index (κ1) is 17.2. The zero-order valence-electron chi connectivity index (χ0n) is 14.4. The first-order chi connectivity index (χ1) is 12.0. The minimum absolute atomic E-state index is 0.173. The third-order valence-corrected chi connectivity index (χ3v) is 4.23.